The van der Waals surface area contributed by atoms with Crippen LogP contribution in [-0.2, 0) is 13.0 Å². The number of rotatable bonds is 11. The van der Waals surface area contributed by atoms with Gasteiger partial charge in [-0.1, -0.05) is 51.2 Å². The van der Waals surface area contributed by atoms with E-state index in [0.29, 0.717) is 24.4 Å². The third-order valence-electron chi connectivity index (χ3n) is 6.33. The predicted octanol–water partition coefficient (Wildman–Crippen LogP) is 5.05. The minimum atomic E-state index is -0.662. The first-order chi connectivity index (χ1) is 17.0. The van der Waals surface area contributed by atoms with E-state index in [9.17, 15) is 14.0 Å². The van der Waals surface area contributed by atoms with Crippen molar-refractivity contribution in [2.75, 3.05) is 11.9 Å². The smallest absolute Gasteiger partial charge is 0.349 e. The molecular formula is C27H32FN5O2. The summed E-state index contributed by atoms with van der Waals surface area (Å²) in [6.45, 7) is 5.52. The molecule has 0 aromatic heterocycles. The van der Waals surface area contributed by atoms with Gasteiger partial charge in [0.2, 0.25) is 0 Å². The molecule has 7 nitrogen and oxygen atoms in total. The van der Waals surface area contributed by atoms with Gasteiger partial charge < -0.3 is 9.88 Å². The highest BCUT2D eigenvalue weighted by atomic mass is 19.1. The number of nitrogens with one attached hydrogen (secondary N) is 2. The maximum Gasteiger partial charge on any atom is 0.349 e. The highest BCUT2D eigenvalue weighted by Crippen LogP contribution is 2.27. The Morgan fingerprint density at radius 2 is 1.74 bits per heavy atom. The van der Waals surface area contributed by atoms with Crippen molar-refractivity contribution >= 4 is 16.7 Å². The summed E-state index contributed by atoms with van der Waals surface area (Å²) in [7, 11) is 0. The number of benzene rings is 2. The van der Waals surface area contributed by atoms with Gasteiger partial charge >= 0.3 is 5.69 Å². The van der Waals surface area contributed by atoms with Crippen molar-refractivity contribution in [3.63, 3.8) is 0 Å². The topological polar surface area (TPSA) is 92.7 Å². The number of nitrogens with zero attached hydrogens (tertiary/aromatic N) is 3. The van der Waals surface area contributed by atoms with Crippen molar-refractivity contribution in [2.24, 2.45) is 0 Å². The number of anilines is 1. The van der Waals surface area contributed by atoms with E-state index in [1.165, 1.54) is 31.4 Å². The van der Waals surface area contributed by atoms with Crippen LogP contribution in [0.4, 0.5) is 10.1 Å². The van der Waals surface area contributed by atoms with Crippen LogP contribution in [0.15, 0.2) is 46.0 Å². The molecule has 8 heteroatoms. The second-order valence-electron chi connectivity index (χ2n) is 9.03. The first-order valence-electron chi connectivity index (χ1n) is 12.4. The third-order valence-corrected chi connectivity index (χ3v) is 6.33. The monoisotopic (exact) mass is 477 g/mol. The molecule has 0 fully saturated rings. The summed E-state index contributed by atoms with van der Waals surface area (Å²) in [4.78, 5) is 35.4. The molecule has 0 saturated heterocycles. The fourth-order valence-corrected chi connectivity index (χ4v) is 4.41. The molecule has 0 unspecified atom stereocenters. The van der Waals surface area contributed by atoms with Gasteiger partial charge in [-0.3, -0.25) is 9.78 Å². The second kappa shape index (κ2) is 11.3. The van der Waals surface area contributed by atoms with Crippen LogP contribution in [0.2, 0.25) is 0 Å². The van der Waals surface area contributed by atoms with Gasteiger partial charge in [-0.2, -0.15) is 4.98 Å². The Bertz CT molecular complexity index is 1380. The number of hydrogen-bond acceptors (Lipinski definition) is 5. The van der Waals surface area contributed by atoms with Gasteiger partial charge in [0, 0.05) is 18.8 Å². The van der Waals surface area contributed by atoms with Gasteiger partial charge in [-0.05, 0) is 55.2 Å². The quantitative estimate of drug-likeness (QED) is 0.233. The lowest BCUT2D eigenvalue weighted by molar-refractivity contribution is 0.562. The van der Waals surface area contributed by atoms with Gasteiger partial charge in [0.1, 0.15) is 5.82 Å². The van der Waals surface area contributed by atoms with Crippen LogP contribution in [0.25, 0.3) is 22.6 Å². The number of unbranched alkanes of at least 4 members (excludes halogenated alkanes) is 5. The van der Waals surface area contributed by atoms with Crippen molar-refractivity contribution < 1.29 is 4.39 Å². The van der Waals surface area contributed by atoms with Gasteiger partial charge in [-0.25, -0.2) is 14.2 Å². The molecule has 2 aliphatic heterocycles. The molecular weight excluding hydrogens is 445 g/mol. The Labute approximate surface area is 203 Å². The van der Waals surface area contributed by atoms with E-state index in [4.69, 9.17) is 0 Å². The number of fused-ring (bicyclic) bond motifs is 2. The number of aromatic nitrogens is 4. The first-order valence-corrected chi connectivity index (χ1v) is 12.4. The normalized spacial score (nSPS) is 11.4. The maximum absolute atomic E-state index is 13.2. The number of hydrogen-bond donors (Lipinski definition) is 2. The van der Waals surface area contributed by atoms with Crippen molar-refractivity contribution in [3.05, 3.63) is 74.2 Å². The van der Waals surface area contributed by atoms with Crippen LogP contribution in [0.3, 0.4) is 0 Å². The number of aromatic amines is 1. The summed E-state index contributed by atoms with van der Waals surface area (Å²) in [5.41, 5.74) is 3.52. The van der Waals surface area contributed by atoms with Crippen molar-refractivity contribution in [1.29, 1.82) is 0 Å². The molecule has 0 spiro atoms. The summed E-state index contributed by atoms with van der Waals surface area (Å²) in [6, 6.07) is 10.5. The molecule has 4 rings (SSSR count). The molecule has 0 radical (unpaired) electrons. The van der Waals surface area contributed by atoms with Crippen molar-refractivity contribution in [3.8, 4) is 11.5 Å². The van der Waals surface area contributed by atoms with E-state index in [0.717, 1.165) is 48.0 Å². The number of H-pyrrole nitrogens is 1. The van der Waals surface area contributed by atoms with Crippen molar-refractivity contribution in [2.45, 2.75) is 65.3 Å². The molecule has 2 aliphatic rings. The fraction of sp³-hybridized carbons (Fsp3) is 0.407. The molecule has 0 bridgehead atoms. The number of halogens is 1. The van der Waals surface area contributed by atoms with Crippen molar-refractivity contribution in [1.82, 2.24) is 19.5 Å². The Hall–Kier alpha value is -3.55. The second-order valence-corrected chi connectivity index (χ2v) is 9.03. The summed E-state index contributed by atoms with van der Waals surface area (Å²) in [6.07, 6.45) is 7.55. The lowest BCUT2D eigenvalue weighted by atomic mass is 10.1. The first kappa shape index (κ1) is 24.6. The van der Waals surface area contributed by atoms with E-state index < -0.39 is 11.2 Å². The summed E-state index contributed by atoms with van der Waals surface area (Å²) in [5, 5.41) is 3.47. The average molecular weight is 478 g/mol. The van der Waals surface area contributed by atoms with E-state index in [1.807, 2.05) is 23.6 Å². The van der Waals surface area contributed by atoms with Gasteiger partial charge in [0.05, 0.1) is 11.0 Å². The van der Waals surface area contributed by atoms with E-state index >= 15 is 0 Å². The molecule has 2 N–H and O–H groups in total. The zero-order valence-corrected chi connectivity index (χ0v) is 20.4. The Morgan fingerprint density at radius 3 is 2.51 bits per heavy atom. The van der Waals surface area contributed by atoms with Gasteiger partial charge in [-0.15, -0.1) is 0 Å². The molecule has 35 heavy (non-hydrogen) atoms. The molecule has 0 saturated carbocycles. The average Bonchev–Trinajstić information content (AvgIpc) is 2.83. The largest absolute Gasteiger partial charge is 0.384 e. The Morgan fingerprint density at radius 1 is 1.00 bits per heavy atom. The molecule has 2 aromatic rings. The highest BCUT2D eigenvalue weighted by molar-refractivity contribution is 5.84. The summed E-state index contributed by atoms with van der Waals surface area (Å²) >= 11 is 0. The molecule has 0 amide bonds. The minimum absolute atomic E-state index is 0.180. The maximum atomic E-state index is 13.2. The van der Waals surface area contributed by atoms with Crippen LogP contribution in [-0.4, -0.2) is 26.1 Å². The van der Waals surface area contributed by atoms with Crippen LogP contribution < -0.4 is 16.6 Å². The predicted molar refractivity (Wildman–Crippen MR) is 138 cm³/mol. The lowest BCUT2D eigenvalue weighted by Crippen LogP contribution is -2.29. The zero-order chi connectivity index (χ0) is 24.8. The molecule has 2 heterocycles. The Kier molecular flexibility index (Phi) is 7.90. The molecule has 0 aliphatic carbocycles. The van der Waals surface area contributed by atoms with E-state index in [-0.39, 0.29) is 11.5 Å². The minimum Gasteiger partial charge on any atom is -0.384 e. The van der Waals surface area contributed by atoms with E-state index in [2.05, 4.69) is 27.2 Å². The van der Waals surface area contributed by atoms with Crippen LogP contribution >= 0.6 is 0 Å². The zero-order valence-electron chi connectivity index (χ0n) is 20.4. The third kappa shape index (κ3) is 5.93. The van der Waals surface area contributed by atoms with Gasteiger partial charge in [0.25, 0.3) is 5.56 Å². The van der Waals surface area contributed by atoms with Gasteiger partial charge in [0.15, 0.2) is 11.5 Å². The lowest BCUT2D eigenvalue weighted by Gasteiger charge is -2.19. The van der Waals surface area contributed by atoms with Crippen LogP contribution in [0.1, 0.15) is 56.6 Å². The Balaban J connectivity index is 1.64. The fourth-order valence-electron chi connectivity index (χ4n) is 4.41. The SMILES string of the molecule is CCCCCCCCn1c2nc(=O)[nH]c(=O)c-2nc2cc(C)c(NCCc3ccc(F)cc3)cc21. The summed E-state index contributed by atoms with van der Waals surface area (Å²) < 4.78 is 15.1. The number of aryl methyl sites for hydroxylation is 2. The highest BCUT2D eigenvalue weighted by Gasteiger charge is 2.19. The van der Waals surface area contributed by atoms with Crippen LogP contribution in [0, 0.1) is 12.7 Å². The van der Waals surface area contributed by atoms with Crippen LogP contribution in [0.5, 0.6) is 0 Å². The molecule has 0 atom stereocenters. The van der Waals surface area contributed by atoms with E-state index in [1.54, 1.807) is 12.1 Å². The standard InChI is InChI=1S/C27H32FN5O2/c1-3-4-5-6-7-8-15-33-23-17-21(29-14-13-19-9-11-20(28)12-10-19)18(2)16-22(23)30-24-25(33)31-27(35)32-26(24)34/h9-12,16-17,29H,3-8,13-15H2,1-2H3,(H,32,34,35). The summed E-state index contributed by atoms with van der Waals surface area (Å²) in [5.74, 6) is 0.0799. The molecule has 2 aromatic carbocycles. The molecule has 184 valence electrons.